The lowest BCUT2D eigenvalue weighted by Gasteiger charge is -2.09. The minimum atomic E-state index is -0.559. The highest BCUT2D eigenvalue weighted by atomic mass is 16.5. The molecule has 27 heavy (non-hydrogen) atoms. The van der Waals surface area contributed by atoms with Gasteiger partial charge in [-0.1, -0.05) is 47.6 Å². The maximum Gasteiger partial charge on any atom is 0.441 e. The lowest BCUT2D eigenvalue weighted by molar-refractivity contribution is -0.116. The van der Waals surface area contributed by atoms with E-state index in [0.717, 1.165) is 5.56 Å². The molecule has 0 unspecified atom stereocenters. The number of rotatable bonds is 7. The molecule has 0 saturated heterocycles. The van der Waals surface area contributed by atoms with Crippen LogP contribution in [0.1, 0.15) is 30.1 Å². The van der Waals surface area contributed by atoms with E-state index in [1.807, 2.05) is 30.3 Å². The van der Waals surface area contributed by atoms with Gasteiger partial charge in [0, 0.05) is 24.1 Å². The van der Waals surface area contributed by atoms with Crippen LogP contribution in [0.2, 0.25) is 0 Å². The van der Waals surface area contributed by atoms with Crippen molar-refractivity contribution in [2.45, 2.75) is 26.3 Å². The molecule has 1 heterocycles. The lowest BCUT2D eigenvalue weighted by Crippen LogP contribution is -2.18. The van der Waals surface area contributed by atoms with Crippen LogP contribution in [0.4, 0.5) is 5.69 Å². The van der Waals surface area contributed by atoms with E-state index in [0.29, 0.717) is 30.0 Å². The second-order valence-corrected chi connectivity index (χ2v) is 6.04. The Hall–Kier alpha value is -3.48. The molecule has 2 aromatic carbocycles. The summed E-state index contributed by atoms with van der Waals surface area (Å²) in [7, 11) is 0. The molecule has 0 fully saturated rings. The molecular weight excluding hydrogens is 346 g/mol. The second-order valence-electron chi connectivity index (χ2n) is 6.04. The smallest absolute Gasteiger partial charge is 0.325 e. The van der Waals surface area contributed by atoms with Gasteiger partial charge in [0.15, 0.2) is 11.6 Å². The summed E-state index contributed by atoms with van der Waals surface area (Å²) < 4.78 is 6.17. The van der Waals surface area contributed by atoms with Gasteiger partial charge >= 0.3 is 5.76 Å². The van der Waals surface area contributed by atoms with E-state index in [1.54, 1.807) is 24.3 Å². The number of hydrogen-bond donors (Lipinski definition) is 1. The van der Waals surface area contributed by atoms with Crippen molar-refractivity contribution in [3.63, 3.8) is 0 Å². The highest BCUT2D eigenvalue weighted by Crippen LogP contribution is 2.17. The van der Waals surface area contributed by atoms with Crippen LogP contribution in [0.15, 0.2) is 63.9 Å². The van der Waals surface area contributed by atoms with Crippen molar-refractivity contribution < 1.29 is 14.1 Å². The minimum absolute atomic E-state index is 0.116. The molecule has 0 bridgehead atoms. The maximum absolute atomic E-state index is 12.2. The summed E-state index contributed by atoms with van der Waals surface area (Å²) in [6.07, 6.45) is 0.618. The topological polar surface area (TPSA) is 94.2 Å². The Bertz CT molecular complexity index is 1010. The summed E-state index contributed by atoms with van der Waals surface area (Å²) in [5.74, 6) is -0.469. The number of para-hydroxylation sites is 1. The molecule has 0 saturated carbocycles. The van der Waals surface area contributed by atoms with Gasteiger partial charge in [-0.05, 0) is 25.5 Å². The van der Waals surface area contributed by atoms with E-state index in [4.69, 9.17) is 4.52 Å². The third kappa shape index (κ3) is 4.38. The van der Waals surface area contributed by atoms with Gasteiger partial charge in [-0.2, -0.15) is 0 Å². The van der Waals surface area contributed by atoms with E-state index >= 15 is 0 Å². The molecular formula is C20H19N3O4. The molecule has 0 aliphatic heterocycles. The first-order valence-corrected chi connectivity index (χ1v) is 8.58. The molecule has 3 rings (SSSR count). The number of carbonyl (C=O) groups is 2. The van der Waals surface area contributed by atoms with Gasteiger partial charge in [-0.3, -0.25) is 18.7 Å². The molecule has 0 aliphatic carbocycles. The van der Waals surface area contributed by atoms with E-state index in [2.05, 4.69) is 10.5 Å². The van der Waals surface area contributed by atoms with Gasteiger partial charge in [0.05, 0.1) is 5.69 Å². The minimum Gasteiger partial charge on any atom is -0.325 e. The summed E-state index contributed by atoms with van der Waals surface area (Å²) >= 11 is 0. The number of Topliss-reactive ketones (excluding diaryl/α,β-unsaturated/α-hetero) is 1. The molecule has 138 valence electrons. The van der Waals surface area contributed by atoms with Crippen LogP contribution < -0.4 is 11.1 Å². The average molecular weight is 365 g/mol. The first-order valence-electron chi connectivity index (χ1n) is 8.58. The summed E-state index contributed by atoms with van der Waals surface area (Å²) in [6.45, 7) is 1.75. The Kier molecular flexibility index (Phi) is 5.61. The zero-order chi connectivity index (χ0) is 19.2. The summed E-state index contributed by atoms with van der Waals surface area (Å²) in [5, 5.41) is 6.57. The zero-order valence-electron chi connectivity index (χ0n) is 14.8. The number of amides is 1. The van der Waals surface area contributed by atoms with E-state index in [9.17, 15) is 14.4 Å². The number of hydrogen-bond acceptors (Lipinski definition) is 5. The van der Waals surface area contributed by atoms with Gasteiger partial charge in [-0.25, -0.2) is 4.79 Å². The maximum atomic E-state index is 12.2. The first-order chi connectivity index (χ1) is 13.1. The average Bonchev–Trinajstić information content (AvgIpc) is 3.03. The number of benzene rings is 2. The number of anilines is 1. The molecule has 0 atom stereocenters. The molecule has 1 amide bonds. The van der Waals surface area contributed by atoms with Crippen molar-refractivity contribution in [1.82, 2.24) is 9.72 Å². The SMILES string of the molecule is CC(=O)c1ccccc1NC(=O)CCCn1c(-c2ccccc2)noc1=O. The molecule has 1 N–H and O–H groups in total. The van der Waals surface area contributed by atoms with Crippen molar-refractivity contribution in [1.29, 1.82) is 0 Å². The third-order valence-corrected chi connectivity index (χ3v) is 4.08. The number of nitrogens with one attached hydrogen (secondary N) is 1. The number of ketones is 1. The quantitative estimate of drug-likeness (QED) is 0.649. The van der Waals surface area contributed by atoms with E-state index < -0.39 is 5.76 Å². The summed E-state index contributed by atoms with van der Waals surface area (Å²) in [6, 6.07) is 16.1. The Morgan fingerprint density at radius 3 is 2.52 bits per heavy atom. The van der Waals surface area contributed by atoms with Crippen LogP contribution in [0, 0.1) is 0 Å². The van der Waals surface area contributed by atoms with Crippen molar-refractivity contribution in [3.8, 4) is 11.4 Å². The van der Waals surface area contributed by atoms with Gasteiger partial charge in [-0.15, -0.1) is 0 Å². The van der Waals surface area contributed by atoms with Crippen molar-refractivity contribution in [3.05, 3.63) is 70.7 Å². The van der Waals surface area contributed by atoms with Gasteiger partial charge in [0.1, 0.15) is 0 Å². The number of carbonyl (C=O) groups excluding carboxylic acids is 2. The second kappa shape index (κ2) is 8.27. The van der Waals surface area contributed by atoms with Crippen LogP contribution in [0.5, 0.6) is 0 Å². The normalized spacial score (nSPS) is 10.6. The predicted molar refractivity (Wildman–Crippen MR) is 101 cm³/mol. The van der Waals surface area contributed by atoms with Gasteiger partial charge < -0.3 is 5.32 Å². The molecule has 7 heteroatoms. The van der Waals surface area contributed by atoms with Crippen LogP contribution in [0.3, 0.4) is 0 Å². The first kappa shape index (κ1) is 18.3. The summed E-state index contributed by atoms with van der Waals surface area (Å²) in [5.41, 5.74) is 1.72. The molecule has 3 aromatic rings. The standard InChI is InChI=1S/C20H19N3O4/c1-14(24)16-10-5-6-11-17(16)21-18(25)12-7-13-23-19(22-27-20(23)26)15-8-3-2-4-9-15/h2-6,8-11H,7,12-13H2,1H3,(H,21,25). The van der Waals surface area contributed by atoms with Crippen LogP contribution >= 0.6 is 0 Å². The molecule has 7 nitrogen and oxygen atoms in total. The Labute approximate surface area is 155 Å². The Morgan fingerprint density at radius 2 is 1.78 bits per heavy atom. The highest BCUT2D eigenvalue weighted by molar-refractivity contribution is 6.03. The largest absolute Gasteiger partial charge is 0.441 e. The lowest BCUT2D eigenvalue weighted by atomic mass is 10.1. The fourth-order valence-corrected chi connectivity index (χ4v) is 2.77. The molecule has 0 radical (unpaired) electrons. The van der Waals surface area contributed by atoms with Crippen molar-refractivity contribution >= 4 is 17.4 Å². The molecule has 0 spiro atoms. The van der Waals surface area contributed by atoms with Crippen molar-refractivity contribution in [2.75, 3.05) is 5.32 Å². The van der Waals surface area contributed by atoms with Crippen LogP contribution in [-0.4, -0.2) is 21.4 Å². The third-order valence-electron chi connectivity index (χ3n) is 4.08. The Balaban J connectivity index is 1.63. The molecule has 0 aliphatic rings. The van der Waals surface area contributed by atoms with E-state index in [1.165, 1.54) is 11.5 Å². The fourth-order valence-electron chi connectivity index (χ4n) is 2.77. The van der Waals surface area contributed by atoms with Crippen LogP contribution in [0.25, 0.3) is 11.4 Å². The van der Waals surface area contributed by atoms with Gasteiger partial charge in [0.25, 0.3) is 0 Å². The van der Waals surface area contributed by atoms with Crippen LogP contribution in [-0.2, 0) is 11.3 Å². The highest BCUT2D eigenvalue weighted by Gasteiger charge is 2.14. The van der Waals surface area contributed by atoms with Gasteiger partial charge in [0.2, 0.25) is 5.91 Å². The fraction of sp³-hybridized carbons (Fsp3) is 0.200. The number of nitrogens with zero attached hydrogens (tertiary/aromatic N) is 2. The summed E-state index contributed by atoms with van der Waals surface area (Å²) in [4.78, 5) is 35.7. The predicted octanol–water partition coefficient (Wildman–Crippen LogP) is 3.12. The molecule has 1 aromatic heterocycles. The monoisotopic (exact) mass is 365 g/mol. The zero-order valence-corrected chi connectivity index (χ0v) is 14.8. The number of aromatic nitrogens is 2. The Morgan fingerprint density at radius 1 is 1.07 bits per heavy atom. The van der Waals surface area contributed by atoms with Crippen molar-refractivity contribution in [2.24, 2.45) is 0 Å². The van der Waals surface area contributed by atoms with E-state index in [-0.39, 0.29) is 18.1 Å².